The largest absolute Gasteiger partial charge is 0.488 e. The maximum atomic E-state index is 11.4. The second kappa shape index (κ2) is 10.1. The van der Waals surface area contributed by atoms with E-state index in [4.69, 9.17) is 14.2 Å². The normalized spacial score (nSPS) is 27.5. The molecule has 0 unspecified atom stereocenters. The average molecular weight is 472 g/mol. The molecule has 2 aliphatic heterocycles. The van der Waals surface area contributed by atoms with Crippen LogP contribution < -0.4 is 9.47 Å². The summed E-state index contributed by atoms with van der Waals surface area (Å²) in [6.45, 7) is 1.26. The smallest absolute Gasteiger partial charge is 0.335 e. The molecule has 2 aromatic carbocycles. The van der Waals surface area contributed by atoms with Crippen molar-refractivity contribution in [2.24, 2.45) is 0 Å². The molecule has 0 aliphatic carbocycles. The molecule has 0 aromatic heterocycles. The summed E-state index contributed by atoms with van der Waals surface area (Å²) in [6.07, 6.45) is -5.44. The molecular weight excluding hydrogens is 442 g/mol. The first-order valence-corrected chi connectivity index (χ1v) is 11.1. The average Bonchev–Trinajstić information content (AvgIpc) is 2.96. The molecule has 2 aromatic rings. The number of aliphatic carboxylic acids is 1. The van der Waals surface area contributed by atoms with E-state index in [0.717, 1.165) is 35.2 Å². The van der Waals surface area contributed by atoms with Crippen molar-refractivity contribution in [2.75, 3.05) is 20.6 Å². The summed E-state index contributed by atoms with van der Waals surface area (Å²) in [6, 6.07) is 13.1. The molecule has 182 valence electrons. The molecule has 0 bridgehead atoms. The fraction of sp³-hybridized carbons (Fsp3) is 0.400. The van der Waals surface area contributed by atoms with E-state index in [9.17, 15) is 25.2 Å². The standard InChI is InChI=1S/C25H29NO8/c1-26(2)11-5-8-17-16-7-4-3-6-14(16)13-32-19-10-9-15(12-18(17)19)33-25-22(29)20(27)21(28)23(34-25)24(30)31/h3-4,6-10,12,20-23,25,27-29H,5,11,13H2,1-2H3,(H,30,31)/b17-8+/t20-,21-,22+,23-,25+/m0/s1. The maximum absolute atomic E-state index is 11.4. The summed E-state index contributed by atoms with van der Waals surface area (Å²) in [5, 5.41) is 39.6. The molecule has 9 nitrogen and oxygen atoms in total. The zero-order valence-electron chi connectivity index (χ0n) is 19.0. The monoisotopic (exact) mass is 471 g/mol. The molecule has 2 heterocycles. The molecule has 2 aliphatic rings. The SMILES string of the molecule is CN(C)CC/C=C1\c2ccccc2COc2ccc(O[C@@H]3O[C@H](C(=O)O)[C@@H](O)[C@H](O)[C@H]3O)cc21. The van der Waals surface area contributed by atoms with Gasteiger partial charge in [0.15, 0.2) is 6.10 Å². The van der Waals surface area contributed by atoms with Gasteiger partial charge in [0.2, 0.25) is 6.29 Å². The van der Waals surface area contributed by atoms with Gasteiger partial charge in [-0.2, -0.15) is 0 Å². The number of aliphatic hydroxyl groups is 3. The lowest BCUT2D eigenvalue weighted by Gasteiger charge is -2.38. The van der Waals surface area contributed by atoms with Crippen LogP contribution in [-0.4, -0.2) is 82.6 Å². The first-order chi connectivity index (χ1) is 16.3. The third-order valence-corrected chi connectivity index (χ3v) is 5.92. The quantitative estimate of drug-likeness (QED) is 0.492. The molecular formula is C25H29NO8. The zero-order chi connectivity index (χ0) is 24.4. The molecule has 1 fully saturated rings. The van der Waals surface area contributed by atoms with E-state index in [0.29, 0.717) is 12.4 Å². The van der Waals surface area contributed by atoms with Crippen molar-refractivity contribution < 1.29 is 39.4 Å². The third-order valence-electron chi connectivity index (χ3n) is 5.92. The molecule has 0 spiro atoms. The second-order valence-corrected chi connectivity index (χ2v) is 8.67. The van der Waals surface area contributed by atoms with Crippen LogP contribution in [0.1, 0.15) is 23.1 Å². The molecule has 9 heteroatoms. The van der Waals surface area contributed by atoms with Gasteiger partial charge in [0.25, 0.3) is 0 Å². The highest BCUT2D eigenvalue weighted by Crippen LogP contribution is 2.39. The van der Waals surface area contributed by atoms with Crippen LogP contribution in [0, 0.1) is 0 Å². The molecule has 1 saturated heterocycles. The Morgan fingerprint density at radius 3 is 2.59 bits per heavy atom. The highest BCUT2D eigenvalue weighted by molar-refractivity contribution is 5.85. The summed E-state index contributed by atoms with van der Waals surface area (Å²) in [4.78, 5) is 13.5. The van der Waals surface area contributed by atoms with Crippen LogP contribution in [0.5, 0.6) is 11.5 Å². The molecule has 4 rings (SSSR count). The van der Waals surface area contributed by atoms with Crippen LogP contribution in [-0.2, 0) is 16.1 Å². The summed E-state index contributed by atoms with van der Waals surface area (Å²) < 4.78 is 17.1. The van der Waals surface area contributed by atoms with Crippen molar-refractivity contribution in [3.05, 3.63) is 65.2 Å². The number of ether oxygens (including phenoxy) is 3. The Labute approximate surface area is 197 Å². The van der Waals surface area contributed by atoms with E-state index < -0.39 is 36.7 Å². The number of carboxylic acids is 1. The van der Waals surface area contributed by atoms with E-state index >= 15 is 0 Å². The third kappa shape index (κ3) is 4.94. The van der Waals surface area contributed by atoms with Crippen molar-refractivity contribution in [2.45, 2.75) is 43.7 Å². The van der Waals surface area contributed by atoms with Gasteiger partial charge in [0.05, 0.1) is 0 Å². The molecule has 0 saturated carbocycles. The fourth-order valence-electron chi connectivity index (χ4n) is 4.10. The minimum absolute atomic E-state index is 0.289. The van der Waals surface area contributed by atoms with Crippen LogP contribution in [0.2, 0.25) is 0 Å². The summed E-state index contributed by atoms with van der Waals surface area (Å²) >= 11 is 0. The molecule has 4 N–H and O–H groups in total. The minimum Gasteiger partial charge on any atom is -0.488 e. The lowest BCUT2D eigenvalue weighted by molar-refractivity contribution is -0.271. The lowest BCUT2D eigenvalue weighted by Crippen LogP contribution is -2.61. The van der Waals surface area contributed by atoms with E-state index in [2.05, 4.69) is 11.0 Å². The Hall–Kier alpha value is -2.95. The van der Waals surface area contributed by atoms with E-state index in [1.54, 1.807) is 18.2 Å². The van der Waals surface area contributed by atoms with E-state index in [1.165, 1.54) is 0 Å². The Balaban J connectivity index is 1.67. The second-order valence-electron chi connectivity index (χ2n) is 8.67. The topological polar surface area (TPSA) is 129 Å². The van der Waals surface area contributed by atoms with Gasteiger partial charge in [-0.25, -0.2) is 4.79 Å². The number of fused-ring (bicyclic) bond motifs is 2. The molecule has 0 radical (unpaired) electrons. The Kier molecular flexibility index (Phi) is 7.20. The first-order valence-electron chi connectivity index (χ1n) is 11.1. The van der Waals surface area contributed by atoms with Crippen LogP contribution >= 0.6 is 0 Å². The van der Waals surface area contributed by atoms with Gasteiger partial charge in [-0.15, -0.1) is 0 Å². The van der Waals surface area contributed by atoms with Gasteiger partial charge in [0.1, 0.15) is 36.4 Å². The van der Waals surface area contributed by atoms with Crippen molar-refractivity contribution in [1.82, 2.24) is 4.90 Å². The Morgan fingerprint density at radius 1 is 1.09 bits per heavy atom. The van der Waals surface area contributed by atoms with Gasteiger partial charge in [-0.3, -0.25) is 0 Å². The number of hydrogen-bond acceptors (Lipinski definition) is 8. The van der Waals surface area contributed by atoms with Crippen molar-refractivity contribution in [3.63, 3.8) is 0 Å². The highest BCUT2D eigenvalue weighted by Gasteiger charge is 2.48. The summed E-state index contributed by atoms with van der Waals surface area (Å²) in [5.41, 5.74) is 3.83. The lowest BCUT2D eigenvalue weighted by atomic mass is 9.93. The fourth-order valence-corrected chi connectivity index (χ4v) is 4.10. The number of rotatable bonds is 6. The van der Waals surface area contributed by atoms with Crippen LogP contribution in [0.3, 0.4) is 0 Å². The molecule has 5 atom stereocenters. The van der Waals surface area contributed by atoms with E-state index in [1.807, 2.05) is 38.4 Å². The zero-order valence-corrected chi connectivity index (χ0v) is 19.0. The predicted molar refractivity (Wildman–Crippen MR) is 122 cm³/mol. The van der Waals surface area contributed by atoms with Gasteiger partial charge in [-0.1, -0.05) is 30.3 Å². The number of carbonyl (C=O) groups is 1. The van der Waals surface area contributed by atoms with E-state index in [-0.39, 0.29) is 5.75 Å². The highest BCUT2D eigenvalue weighted by atomic mass is 16.7. The first kappa shape index (κ1) is 24.2. The number of nitrogens with zero attached hydrogens (tertiary/aromatic N) is 1. The van der Waals surface area contributed by atoms with Crippen molar-refractivity contribution in [1.29, 1.82) is 0 Å². The van der Waals surface area contributed by atoms with Gasteiger partial charge in [0, 0.05) is 12.1 Å². The van der Waals surface area contributed by atoms with Crippen LogP contribution in [0.25, 0.3) is 5.57 Å². The van der Waals surface area contributed by atoms with Gasteiger partial charge in [-0.05, 0) is 55.4 Å². The predicted octanol–water partition coefficient (Wildman–Crippen LogP) is 1.23. The van der Waals surface area contributed by atoms with Crippen molar-refractivity contribution in [3.8, 4) is 11.5 Å². The Morgan fingerprint density at radius 2 is 1.85 bits per heavy atom. The van der Waals surface area contributed by atoms with Crippen molar-refractivity contribution >= 4 is 11.5 Å². The minimum atomic E-state index is -1.78. The maximum Gasteiger partial charge on any atom is 0.335 e. The summed E-state index contributed by atoms with van der Waals surface area (Å²) in [7, 11) is 4.02. The summed E-state index contributed by atoms with van der Waals surface area (Å²) in [5.74, 6) is -0.522. The number of benzene rings is 2. The number of aliphatic hydroxyl groups excluding tert-OH is 3. The van der Waals surface area contributed by atoms with Gasteiger partial charge >= 0.3 is 5.97 Å². The van der Waals surface area contributed by atoms with Gasteiger partial charge < -0.3 is 39.5 Å². The van der Waals surface area contributed by atoms with Crippen LogP contribution in [0.4, 0.5) is 0 Å². The molecule has 34 heavy (non-hydrogen) atoms. The number of carboxylic acid groups (broad SMARTS) is 1. The number of hydrogen-bond donors (Lipinski definition) is 4. The molecule has 0 amide bonds. The Bertz CT molecular complexity index is 1070. The van der Waals surface area contributed by atoms with Crippen LogP contribution in [0.15, 0.2) is 48.5 Å².